The van der Waals surface area contributed by atoms with Crippen molar-refractivity contribution in [2.75, 3.05) is 27.7 Å². The second kappa shape index (κ2) is 8.39. The number of carbonyl (C=O) groups excluding carboxylic acids is 2. The highest BCUT2D eigenvalue weighted by molar-refractivity contribution is 6.01. The molecule has 1 heterocycles. The van der Waals surface area contributed by atoms with E-state index in [-0.39, 0.29) is 18.4 Å². The summed E-state index contributed by atoms with van der Waals surface area (Å²) < 4.78 is 7.08. The lowest BCUT2D eigenvalue weighted by atomic mass is 10.1. The molecule has 0 spiro atoms. The Kier molecular flexibility index (Phi) is 5.74. The number of aromatic nitrogens is 2. The van der Waals surface area contributed by atoms with E-state index in [1.165, 1.54) is 4.90 Å². The predicted molar refractivity (Wildman–Crippen MR) is 107 cm³/mol. The van der Waals surface area contributed by atoms with Crippen LogP contribution < -0.4 is 10.1 Å². The van der Waals surface area contributed by atoms with E-state index in [4.69, 9.17) is 4.74 Å². The molecule has 0 aliphatic carbocycles. The van der Waals surface area contributed by atoms with Crippen LogP contribution in [0.25, 0.3) is 16.9 Å². The van der Waals surface area contributed by atoms with Gasteiger partial charge in [0.1, 0.15) is 11.4 Å². The number of nitrogens with one attached hydrogen (secondary N) is 1. The number of hydrogen-bond donors (Lipinski definition) is 1. The van der Waals surface area contributed by atoms with Gasteiger partial charge in [0, 0.05) is 25.9 Å². The summed E-state index contributed by atoms with van der Waals surface area (Å²) in [6.45, 7) is -0.0896. The first-order valence-electron chi connectivity index (χ1n) is 8.78. The summed E-state index contributed by atoms with van der Waals surface area (Å²) in [7, 11) is 4.85. The minimum Gasteiger partial charge on any atom is -0.496 e. The molecule has 0 saturated heterocycles. The Morgan fingerprint density at radius 2 is 1.75 bits per heavy atom. The Morgan fingerprint density at radius 3 is 2.43 bits per heavy atom. The summed E-state index contributed by atoms with van der Waals surface area (Å²) in [5, 5.41) is 7.29. The minimum absolute atomic E-state index is 0.0896. The Morgan fingerprint density at radius 1 is 1.07 bits per heavy atom. The molecule has 0 radical (unpaired) electrons. The Bertz CT molecular complexity index is 980. The SMILES string of the molecule is COc1ccccc1-c1nn(-c2ccccc2)cc1C(=O)NCC(=O)N(C)C. The fraction of sp³-hybridized carbons (Fsp3) is 0.190. The maximum atomic E-state index is 12.8. The van der Waals surface area contributed by atoms with Crippen LogP contribution in [0.3, 0.4) is 0 Å². The maximum Gasteiger partial charge on any atom is 0.255 e. The van der Waals surface area contributed by atoms with Crippen LogP contribution in [0.2, 0.25) is 0 Å². The number of carbonyl (C=O) groups is 2. The largest absolute Gasteiger partial charge is 0.496 e. The number of para-hydroxylation sites is 2. The third kappa shape index (κ3) is 4.03. The molecule has 144 valence electrons. The molecule has 1 aromatic heterocycles. The number of methoxy groups -OCH3 is 1. The zero-order valence-corrected chi connectivity index (χ0v) is 16.0. The molecule has 0 saturated carbocycles. The number of rotatable bonds is 6. The first kappa shape index (κ1) is 19.2. The molecule has 1 N–H and O–H groups in total. The lowest BCUT2D eigenvalue weighted by Gasteiger charge is -2.11. The first-order valence-corrected chi connectivity index (χ1v) is 8.78. The Balaban J connectivity index is 2.03. The van der Waals surface area contributed by atoms with Crippen molar-refractivity contribution in [2.45, 2.75) is 0 Å². The van der Waals surface area contributed by atoms with Gasteiger partial charge in [0.25, 0.3) is 5.91 Å². The van der Waals surface area contributed by atoms with E-state index in [0.29, 0.717) is 22.6 Å². The van der Waals surface area contributed by atoms with E-state index in [9.17, 15) is 9.59 Å². The molecule has 2 aromatic carbocycles. The number of likely N-dealkylation sites (N-methyl/N-ethyl adjacent to an activating group) is 1. The highest BCUT2D eigenvalue weighted by atomic mass is 16.5. The third-order valence-corrected chi connectivity index (χ3v) is 4.24. The van der Waals surface area contributed by atoms with Crippen LogP contribution in [-0.4, -0.2) is 54.2 Å². The first-order chi connectivity index (χ1) is 13.5. The number of ether oxygens (including phenoxy) is 1. The van der Waals surface area contributed by atoms with E-state index >= 15 is 0 Å². The summed E-state index contributed by atoms with van der Waals surface area (Å²) in [6, 6.07) is 16.9. The van der Waals surface area contributed by atoms with Crippen LogP contribution >= 0.6 is 0 Å². The van der Waals surface area contributed by atoms with Gasteiger partial charge >= 0.3 is 0 Å². The van der Waals surface area contributed by atoms with Gasteiger partial charge < -0.3 is 15.0 Å². The van der Waals surface area contributed by atoms with Crippen LogP contribution in [0, 0.1) is 0 Å². The molecule has 0 unspecified atom stereocenters. The van der Waals surface area contributed by atoms with Crippen LogP contribution in [0.1, 0.15) is 10.4 Å². The topological polar surface area (TPSA) is 76.5 Å². The number of nitrogens with zero attached hydrogens (tertiary/aromatic N) is 3. The zero-order chi connectivity index (χ0) is 20.1. The zero-order valence-electron chi connectivity index (χ0n) is 16.0. The van der Waals surface area contributed by atoms with Crippen LogP contribution in [0.5, 0.6) is 5.75 Å². The summed E-state index contributed by atoms with van der Waals surface area (Å²) in [5.41, 5.74) is 2.36. The van der Waals surface area contributed by atoms with E-state index in [1.807, 2.05) is 54.6 Å². The number of benzene rings is 2. The lowest BCUT2D eigenvalue weighted by Crippen LogP contribution is -2.36. The second-order valence-electron chi connectivity index (χ2n) is 6.34. The van der Waals surface area contributed by atoms with Gasteiger partial charge in [-0.3, -0.25) is 9.59 Å². The predicted octanol–water partition coefficient (Wildman–Crippen LogP) is 2.37. The van der Waals surface area contributed by atoms with Gasteiger partial charge in [0.15, 0.2) is 0 Å². The van der Waals surface area contributed by atoms with Crippen molar-refractivity contribution < 1.29 is 14.3 Å². The molecule has 0 bridgehead atoms. The summed E-state index contributed by atoms with van der Waals surface area (Å²) in [6.07, 6.45) is 1.66. The standard InChI is InChI=1S/C21H22N4O3/c1-24(2)19(26)13-22-21(27)17-14-25(15-9-5-4-6-10-15)23-20(17)16-11-7-8-12-18(16)28-3/h4-12,14H,13H2,1-3H3,(H,22,27). The van der Waals surface area contributed by atoms with Crippen LogP contribution in [-0.2, 0) is 4.79 Å². The van der Waals surface area contributed by atoms with Crippen LogP contribution in [0.15, 0.2) is 60.8 Å². The molecule has 28 heavy (non-hydrogen) atoms. The fourth-order valence-corrected chi connectivity index (χ4v) is 2.70. The van der Waals surface area contributed by atoms with Gasteiger partial charge in [-0.25, -0.2) is 4.68 Å². The molecule has 3 aromatic rings. The van der Waals surface area contributed by atoms with Crippen LogP contribution in [0.4, 0.5) is 0 Å². The van der Waals surface area contributed by atoms with E-state index in [0.717, 1.165) is 5.69 Å². The summed E-state index contributed by atoms with van der Waals surface area (Å²) in [4.78, 5) is 26.1. The minimum atomic E-state index is -0.377. The van der Waals surface area contributed by atoms with Crippen molar-refractivity contribution in [2.24, 2.45) is 0 Å². The van der Waals surface area contributed by atoms with Gasteiger partial charge in [0.2, 0.25) is 5.91 Å². The molecule has 0 aliphatic rings. The highest BCUT2D eigenvalue weighted by Crippen LogP contribution is 2.31. The van der Waals surface area contributed by atoms with Gasteiger partial charge in [0.05, 0.1) is 24.9 Å². The van der Waals surface area contributed by atoms with Gasteiger partial charge in [-0.15, -0.1) is 0 Å². The van der Waals surface area contributed by atoms with Crippen molar-refractivity contribution in [1.29, 1.82) is 0 Å². The fourth-order valence-electron chi connectivity index (χ4n) is 2.70. The third-order valence-electron chi connectivity index (χ3n) is 4.24. The molecule has 7 nitrogen and oxygen atoms in total. The molecule has 7 heteroatoms. The molecule has 0 fully saturated rings. The Labute approximate surface area is 163 Å². The van der Waals surface area contributed by atoms with Gasteiger partial charge in [-0.2, -0.15) is 5.10 Å². The second-order valence-corrected chi connectivity index (χ2v) is 6.34. The van der Waals surface area contributed by atoms with E-state index < -0.39 is 0 Å². The number of hydrogen-bond acceptors (Lipinski definition) is 4. The van der Waals surface area contributed by atoms with Gasteiger partial charge in [-0.05, 0) is 24.3 Å². The average molecular weight is 378 g/mol. The van der Waals surface area contributed by atoms with Crippen molar-refractivity contribution >= 4 is 11.8 Å². The van der Waals surface area contributed by atoms with Crippen molar-refractivity contribution in [3.05, 3.63) is 66.4 Å². The quantitative estimate of drug-likeness (QED) is 0.714. The van der Waals surface area contributed by atoms with E-state index in [1.54, 1.807) is 32.1 Å². The Hall–Kier alpha value is -3.61. The molecule has 0 aliphatic heterocycles. The monoisotopic (exact) mass is 378 g/mol. The normalized spacial score (nSPS) is 10.4. The molecule has 3 rings (SSSR count). The molecular formula is C21H22N4O3. The summed E-state index contributed by atoms with van der Waals surface area (Å²) >= 11 is 0. The molecule has 0 atom stereocenters. The lowest BCUT2D eigenvalue weighted by molar-refractivity contribution is -0.127. The van der Waals surface area contributed by atoms with Crippen molar-refractivity contribution in [3.8, 4) is 22.7 Å². The molecular weight excluding hydrogens is 356 g/mol. The van der Waals surface area contributed by atoms with E-state index in [2.05, 4.69) is 10.4 Å². The van der Waals surface area contributed by atoms with Crippen molar-refractivity contribution in [1.82, 2.24) is 20.0 Å². The average Bonchev–Trinajstić information content (AvgIpc) is 3.17. The highest BCUT2D eigenvalue weighted by Gasteiger charge is 2.21. The maximum absolute atomic E-state index is 12.8. The number of amides is 2. The van der Waals surface area contributed by atoms with Gasteiger partial charge in [-0.1, -0.05) is 30.3 Å². The molecule has 2 amide bonds. The smallest absolute Gasteiger partial charge is 0.255 e. The summed E-state index contributed by atoms with van der Waals surface area (Å²) in [5.74, 6) is 0.0418. The van der Waals surface area contributed by atoms with Crippen molar-refractivity contribution in [3.63, 3.8) is 0 Å².